The van der Waals surface area contributed by atoms with Gasteiger partial charge in [-0.1, -0.05) is 0 Å². The van der Waals surface area contributed by atoms with E-state index in [9.17, 15) is 4.79 Å². The number of halogens is 3. The molecule has 1 aromatic rings. The first-order valence-electron chi connectivity index (χ1n) is 4.57. The number of likely N-dealkylation sites (tertiary alicyclic amines) is 1. The first-order chi connectivity index (χ1) is 7.08. The highest BCUT2D eigenvalue weighted by molar-refractivity contribution is 9.12. The molecule has 0 unspecified atom stereocenters. The molecule has 1 amide bonds. The summed E-state index contributed by atoms with van der Waals surface area (Å²) >= 11 is 8.27. The van der Waals surface area contributed by atoms with Crippen molar-refractivity contribution < 1.29 is 4.79 Å². The van der Waals surface area contributed by atoms with E-state index in [1.165, 1.54) is 11.3 Å². The number of carbonyl (C=O) groups excluding carboxylic acids is 1. The molecule has 0 aliphatic carbocycles. The molecule has 0 aromatic carbocycles. The van der Waals surface area contributed by atoms with Gasteiger partial charge in [0.2, 0.25) is 0 Å². The highest BCUT2D eigenvalue weighted by atomic mass is 79.9. The molecule has 1 fully saturated rings. The number of hydrogen-bond donors (Lipinski definition) is 1. The third-order valence-corrected chi connectivity index (χ3v) is 4.74. The third-order valence-electron chi connectivity index (χ3n) is 2.40. The monoisotopic (exact) mass is 388 g/mol. The summed E-state index contributed by atoms with van der Waals surface area (Å²) in [4.78, 5) is 13.9. The van der Waals surface area contributed by atoms with E-state index in [4.69, 9.17) is 5.73 Å². The fraction of sp³-hybridized carbons (Fsp3) is 0.444. The smallest absolute Gasteiger partial charge is 0.255 e. The van der Waals surface area contributed by atoms with Gasteiger partial charge >= 0.3 is 0 Å². The van der Waals surface area contributed by atoms with Crippen molar-refractivity contribution in [3.05, 3.63) is 19.2 Å². The average Bonchev–Trinajstić information content (AvgIpc) is 2.71. The van der Waals surface area contributed by atoms with E-state index < -0.39 is 0 Å². The Morgan fingerprint density at radius 3 is 2.69 bits per heavy atom. The van der Waals surface area contributed by atoms with Gasteiger partial charge in [-0.25, -0.2) is 0 Å². The zero-order valence-corrected chi connectivity index (χ0v) is 13.1. The van der Waals surface area contributed by atoms with Crippen LogP contribution in [0, 0.1) is 0 Å². The van der Waals surface area contributed by atoms with Crippen LogP contribution in [0.5, 0.6) is 0 Å². The van der Waals surface area contributed by atoms with Crippen LogP contribution in [0.1, 0.15) is 16.8 Å². The van der Waals surface area contributed by atoms with Crippen LogP contribution < -0.4 is 5.73 Å². The Labute approximate surface area is 121 Å². The quantitative estimate of drug-likeness (QED) is 0.802. The molecule has 90 valence electrons. The van der Waals surface area contributed by atoms with E-state index in [2.05, 4.69) is 31.9 Å². The van der Waals surface area contributed by atoms with Crippen molar-refractivity contribution in [2.75, 3.05) is 13.1 Å². The van der Waals surface area contributed by atoms with Crippen LogP contribution in [-0.2, 0) is 0 Å². The van der Waals surface area contributed by atoms with Crippen LogP contribution in [-0.4, -0.2) is 29.9 Å². The van der Waals surface area contributed by atoms with Crippen LogP contribution in [0.15, 0.2) is 13.6 Å². The molecule has 7 heteroatoms. The maximum atomic E-state index is 12.1. The zero-order chi connectivity index (χ0) is 11.0. The molecular weight excluding hydrogens is 379 g/mol. The van der Waals surface area contributed by atoms with E-state index in [1.807, 2.05) is 11.0 Å². The minimum Gasteiger partial charge on any atom is -0.337 e. The first kappa shape index (κ1) is 14.4. The van der Waals surface area contributed by atoms with Crippen LogP contribution >= 0.6 is 55.6 Å². The van der Waals surface area contributed by atoms with Crippen LogP contribution in [0.25, 0.3) is 0 Å². The van der Waals surface area contributed by atoms with Crippen molar-refractivity contribution in [1.82, 2.24) is 4.90 Å². The zero-order valence-electron chi connectivity index (χ0n) is 8.28. The minimum absolute atomic E-state index is 0. The maximum Gasteiger partial charge on any atom is 0.255 e. The van der Waals surface area contributed by atoms with E-state index >= 15 is 0 Å². The van der Waals surface area contributed by atoms with Gasteiger partial charge < -0.3 is 10.6 Å². The number of carbonyl (C=O) groups is 1. The molecule has 2 rings (SSSR count). The Hall–Kier alpha value is 0.380. The van der Waals surface area contributed by atoms with Crippen molar-refractivity contribution in [2.24, 2.45) is 5.73 Å². The summed E-state index contributed by atoms with van der Waals surface area (Å²) in [6, 6.07) is 1.98. The SMILES string of the molecule is Cl.N[C@H]1CCN(C(=O)c2cc(Br)sc2Br)C1. The molecule has 1 atom stereocenters. The van der Waals surface area contributed by atoms with Crippen molar-refractivity contribution in [3.63, 3.8) is 0 Å². The number of hydrogen-bond acceptors (Lipinski definition) is 3. The Balaban J connectivity index is 0.00000128. The van der Waals surface area contributed by atoms with E-state index in [-0.39, 0.29) is 24.4 Å². The minimum atomic E-state index is 0. The molecule has 2 N–H and O–H groups in total. The second-order valence-corrected chi connectivity index (χ2v) is 7.29. The molecule has 1 aromatic heterocycles. The van der Waals surface area contributed by atoms with Gasteiger partial charge in [0.1, 0.15) is 0 Å². The van der Waals surface area contributed by atoms with Crippen molar-refractivity contribution in [3.8, 4) is 0 Å². The Morgan fingerprint density at radius 2 is 2.25 bits per heavy atom. The van der Waals surface area contributed by atoms with Gasteiger partial charge in [0, 0.05) is 19.1 Å². The van der Waals surface area contributed by atoms with Gasteiger partial charge in [0.05, 0.1) is 13.1 Å². The second-order valence-electron chi connectivity index (χ2n) is 3.54. The van der Waals surface area contributed by atoms with Crippen molar-refractivity contribution >= 4 is 61.5 Å². The largest absolute Gasteiger partial charge is 0.337 e. The summed E-state index contributed by atoms with van der Waals surface area (Å²) in [5.41, 5.74) is 6.50. The van der Waals surface area contributed by atoms with E-state index in [0.717, 1.165) is 26.1 Å². The lowest BCUT2D eigenvalue weighted by atomic mass is 10.3. The summed E-state index contributed by atoms with van der Waals surface area (Å²) in [6.07, 6.45) is 0.897. The summed E-state index contributed by atoms with van der Waals surface area (Å²) in [7, 11) is 0. The normalized spacial score (nSPS) is 19.7. The van der Waals surface area contributed by atoms with Crippen LogP contribution in [0.3, 0.4) is 0 Å². The molecule has 0 bridgehead atoms. The van der Waals surface area contributed by atoms with Gasteiger partial charge in [-0.05, 0) is 44.3 Å². The molecule has 0 spiro atoms. The second kappa shape index (κ2) is 5.82. The topological polar surface area (TPSA) is 46.3 Å². The highest BCUT2D eigenvalue weighted by Crippen LogP contribution is 2.33. The third kappa shape index (κ3) is 2.98. The average molecular weight is 391 g/mol. The lowest BCUT2D eigenvalue weighted by Crippen LogP contribution is -2.31. The highest BCUT2D eigenvalue weighted by Gasteiger charge is 2.26. The predicted molar refractivity (Wildman–Crippen MR) is 75.5 cm³/mol. The van der Waals surface area contributed by atoms with Gasteiger partial charge in [0.25, 0.3) is 5.91 Å². The standard InChI is InChI=1S/C9H10Br2N2OS.ClH/c10-7-3-6(8(11)15-7)9(14)13-2-1-5(12)4-13;/h3,5H,1-2,4,12H2;1H/t5-;/m0./s1. The molecular formula is C9H11Br2ClN2OS. The molecule has 0 radical (unpaired) electrons. The maximum absolute atomic E-state index is 12.1. The number of thiophene rings is 1. The van der Waals surface area contributed by atoms with Gasteiger partial charge in [-0.2, -0.15) is 0 Å². The molecule has 16 heavy (non-hydrogen) atoms. The Bertz CT molecular complexity index is 399. The van der Waals surface area contributed by atoms with E-state index in [0.29, 0.717) is 6.54 Å². The Kier molecular flexibility index (Phi) is 5.25. The lowest BCUT2D eigenvalue weighted by molar-refractivity contribution is 0.0790. The summed E-state index contributed by atoms with van der Waals surface area (Å²) < 4.78 is 1.83. The number of rotatable bonds is 1. The van der Waals surface area contributed by atoms with Crippen LogP contribution in [0.4, 0.5) is 0 Å². The lowest BCUT2D eigenvalue weighted by Gasteiger charge is -2.14. The van der Waals surface area contributed by atoms with E-state index in [1.54, 1.807) is 0 Å². The fourth-order valence-electron chi connectivity index (χ4n) is 1.63. The fourth-order valence-corrected chi connectivity index (χ4v) is 4.41. The number of nitrogens with two attached hydrogens (primary N) is 1. The molecule has 1 aliphatic heterocycles. The first-order valence-corrected chi connectivity index (χ1v) is 6.98. The molecule has 0 saturated carbocycles. The Morgan fingerprint density at radius 1 is 1.56 bits per heavy atom. The molecule has 2 heterocycles. The number of amides is 1. The summed E-state index contributed by atoms with van der Waals surface area (Å²) in [6.45, 7) is 1.43. The summed E-state index contributed by atoms with van der Waals surface area (Å²) in [5.74, 6) is 0.0665. The molecule has 3 nitrogen and oxygen atoms in total. The van der Waals surface area contributed by atoms with Crippen molar-refractivity contribution in [1.29, 1.82) is 0 Å². The predicted octanol–water partition coefficient (Wildman–Crippen LogP) is 2.87. The van der Waals surface area contributed by atoms with Gasteiger partial charge in [0.15, 0.2) is 0 Å². The van der Waals surface area contributed by atoms with Crippen LogP contribution in [0.2, 0.25) is 0 Å². The van der Waals surface area contributed by atoms with Gasteiger partial charge in [-0.15, -0.1) is 23.7 Å². The summed E-state index contributed by atoms with van der Waals surface area (Å²) in [5, 5.41) is 0. The van der Waals surface area contributed by atoms with Gasteiger partial charge in [-0.3, -0.25) is 4.79 Å². The molecule has 1 saturated heterocycles. The van der Waals surface area contributed by atoms with Crippen molar-refractivity contribution in [2.45, 2.75) is 12.5 Å². The molecule has 1 aliphatic rings. The number of nitrogens with zero attached hydrogens (tertiary/aromatic N) is 1.